The summed E-state index contributed by atoms with van der Waals surface area (Å²) in [6.45, 7) is 4.08. The van der Waals surface area contributed by atoms with Gasteiger partial charge < -0.3 is 19.4 Å². The van der Waals surface area contributed by atoms with Crippen LogP contribution in [0.15, 0.2) is 53.5 Å². The van der Waals surface area contributed by atoms with Gasteiger partial charge in [0.05, 0.1) is 7.11 Å². The van der Waals surface area contributed by atoms with E-state index in [1.807, 2.05) is 37.4 Å². The number of aromatic nitrogens is 1. The van der Waals surface area contributed by atoms with E-state index in [-0.39, 0.29) is 11.5 Å². The third-order valence-electron chi connectivity index (χ3n) is 5.74. The summed E-state index contributed by atoms with van der Waals surface area (Å²) >= 11 is 0. The Kier molecular flexibility index (Phi) is 5.86. The number of hydrogen-bond donors (Lipinski definition) is 1. The fourth-order valence-electron chi connectivity index (χ4n) is 3.99. The Labute approximate surface area is 175 Å². The number of benzene rings is 2. The van der Waals surface area contributed by atoms with Gasteiger partial charge in [-0.05, 0) is 67.6 Å². The molecule has 2 aromatic carbocycles. The van der Waals surface area contributed by atoms with Crippen molar-refractivity contribution in [2.45, 2.75) is 26.3 Å². The maximum absolute atomic E-state index is 13.0. The molecular weight excluding hydrogens is 380 g/mol. The van der Waals surface area contributed by atoms with Crippen LogP contribution in [-0.4, -0.2) is 30.8 Å². The van der Waals surface area contributed by atoms with E-state index >= 15 is 0 Å². The minimum atomic E-state index is -0.214. The number of pyridine rings is 1. The van der Waals surface area contributed by atoms with Crippen LogP contribution in [0.5, 0.6) is 5.75 Å². The van der Waals surface area contributed by atoms with Gasteiger partial charge in [0.1, 0.15) is 5.75 Å². The lowest BCUT2D eigenvalue weighted by Gasteiger charge is -2.23. The Morgan fingerprint density at radius 1 is 1.17 bits per heavy atom. The molecule has 0 atom stereocenters. The number of aryl methyl sites for hydroxylation is 1. The van der Waals surface area contributed by atoms with Crippen molar-refractivity contribution in [1.29, 1.82) is 0 Å². The van der Waals surface area contributed by atoms with Crippen molar-refractivity contribution in [2.75, 3.05) is 25.6 Å². The molecule has 4 rings (SSSR count). The van der Waals surface area contributed by atoms with Gasteiger partial charge >= 0.3 is 0 Å². The zero-order chi connectivity index (χ0) is 21.1. The molecule has 3 aromatic rings. The number of nitrogens with one attached hydrogen (secondary N) is 1. The summed E-state index contributed by atoms with van der Waals surface area (Å²) in [5.41, 5.74) is 1.99. The minimum absolute atomic E-state index is 0.0317. The zero-order valence-electron chi connectivity index (χ0n) is 17.3. The fourth-order valence-corrected chi connectivity index (χ4v) is 3.99. The van der Waals surface area contributed by atoms with Crippen LogP contribution in [0, 0.1) is 12.8 Å². The summed E-state index contributed by atoms with van der Waals surface area (Å²) in [6, 6.07) is 12.7. The van der Waals surface area contributed by atoms with E-state index in [4.69, 9.17) is 9.47 Å². The Morgan fingerprint density at radius 3 is 2.70 bits per heavy atom. The number of hydrogen-bond acceptors (Lipinski definition) is 4. The highest BCUT2D eigenvalue weighted by molar-refractivity contribution is 6.09. The highest BCUT2D eigenvalue weighted by atomic mass is 16.5. The number of methoxy groups -OCH3 is 1. The molecule has 1 aromatic heterocycles. The Morgan fingerprint density at radius 2 is 1.97 bits per heavy atom. The van der Waals surface area contributed by atoms with Gasteiger partial charge in [0.25, 0.3) is 11.5 Å². The maximum atomic E-state index is 13.0. The second kappa shape index (κ2) is 8.71. The molecule has 1 aliphatic rings. The third kappa shape index (κ3) is 4.09. The Bertz CT molecular complexity index is 1130. The molecule has 6 nitrogen and oxygen atoms in total. The predicted molar refractivity (Wildman–Crippen MR) is 117 cm³/mol. The average molecular weight is 406 g/mol. The molecule has 0 saturated carbocycles. The van der Waals surface area contributed by atoms with Crippen LogP contribution in [0.25, 0.3) is 10.8 Å². The predicted octanol–water partition coefficient (Wildman–Crippen LogP) is 4.00. The fraction of sp³-hybridized carbons (Fsp3) is 0.333. The lowest BCUT2D eigenvalue weighted by molar-refractivity contribution is 0.0610. The van der Waals surface area contributed by atoms with Gasteiger partial charge in [-0.1, -0.05) is 6.07 Å². The van der Waals surface area contributed by atoms with E-state index in [1.54, 1.807) is 29.9 Å². The van der Waals surface area contributed by atoms with Crippen molar-refractivity contribution in [3.63, 3.8) is 0 Å². The SMILES string of the molecule is COc1ccc(C(=O)Nc2cccc3c(=O)n(CC4CCOCC4)ccc23)c(C)c1. The molecule has 0 radical (unpaired) electrons. The molecular formula is C24H26N2O4. The molecule has 1 fully saturated rings. The highest BCUT2D eigenvalue weighted by Crippen LogP contribution is 2.24. The van der Waals surface area contributed by atoms with E-state index in [0.717, 1.165) is 37.0 Å². The third-order valence-corrected chi connectivity index (χ3v) is 5.74. The molecule has 0 unspecified atom stereocenters. The molecule has 0 bridgehead atoms. The van der Waals surface area contributed by atoms with Crippen molar-refractivity contribution in [1.82, 2.24) is 4.57 Å². The lowest BCUT2D eigenvalue weighted by atomic mass is 10.00. The van der Waals surface area contributed by atoms with E-state index < -0.39 is 0 Å². The van der Waals surface area contributed by atoms with Gasteiger partial charge in [0.15, 0.2) is 0 Å². The summed E-state index contributed by atoms with van der Waals surface area (Å²) in [5.74, 6) is 0.947. The Hall–Kier alpha value is -3.12. The van der Waals surface area contributed by atoms with Crippen LogP contribution in [-0.2, 0) is 11.3 Å². The van der Waals surface area contributed by atoms with Gasteiger partial charge in [-0.3, -0.25) is 9.59 Å². The number of amides is 1. The topological polar surface area (TPSA) is 69.6 Å². The van der Waals surface area contributed by atoms with Gasteiger partial charge in [0, 0.05) is 48.0 Å². The smallest absolute Gasteiger partial charge is 0.258 e. The van der Waals surface area contributed by atoms with Gasteiger partial charge in [-0.25, -0.2) is 0 Å². The molecule has 1 N–H and O–H groups in total. The molecule has 0 spiro atoms. The maximum Gasteiger partial charge on any atom is 0.258 e. The van der Waals surface area contributed by atoms with Crippen LogP contribution in [0.3, 0.4) is 0 Å². The van der Waals surface area contributed by atoms with Crippen molar-refractivity contribution in [2.24, 2.45) is 5.92 Å². The number of nitrogens with zero attached hydrogens (tertiary/aromatic N) is 1. The molecule has 0 aliphatic carbocycles. The van der Waals surface area contributed by atoms with Crippen LogP contribution >= 0.6 is 0 Å². The number of carbonyl (C=O) groups is 1. The van der Waals surface area contributed by atoms with Crippen LogP contribution < -0.4 is 15.6 Å². The number of anilines is 1. The normalized spacial score (nSPS) is 14.6. The molecule has 6 heteroatoms. The van der Waals surface area contributed by atoms with Crippen LogP contribution in [0.2, 0.25) is 0 Å². The zero-order valence-corrected chi connectivity index (χ0v) is 17.3. The molecule has 156 valence electrons. The van der Waals surface area contributed by atoms with Crippen molar-refractivity contribution >= 4 is 22.4 Å². The first-order chi connectivity index (χ1) is 14.6. The summed E-state index contributed by atoms with van der Waals surface area (Å²) < 4.78 is 12.4. The molecule has 1 saturated heterocycles. The van der Waals surface area contributed by atoms with Gasteiger partial charge in [-0.15, -0.1) is 0 Å². The van der Waals surface area contributed by atoms with Crippen molar-refractivity contribution in [3.05, 3.63) is 70.1 Å². The highest BCUT2D eigenvalue weighted by Gasteiger charge is 2.17. The Balaban J connectivity index is 1.61. The number of ether oxygens (including phenoxy) is 2. The molecule has 2 heterocycles. The second-order valence-corrected chi connectivity index (χ2v) is 7.73. The number of carbonyl (C=O) groups excluding carboxylic acids is 1. The largest absolute Gasteiger partial charge is 0.497 e. The summed E-state index contributed by atoms with van der Waals surface area (Å²) in [4.78, 5) is 25.9. The lowest BCUT2D eigenvalue weighted by Crippen LogP contribution is -2.27. The summed E-state index contributed by atoms with van der Waals surface area (Å²) in [5, 5.41) is 4.31. The molecule has 1 aliphatic heterocycles. The van der Waals surface area contributed by atoms with E-state index in [9.17, 15) is 9.59 Å². The summed E-state index contributed by atoms with van der Waals surface area (Å²) in [6.07, 6.45) is 3.78. The van der Waals surface area contributed by atoms with Crippen molar-refractivity contribution < 1.29 is 14.3 Å². The number of rotatable bonds is 5. The van der Waals surface area contributed by atoms with E-state index in [0.29, 0.717) is 34.8 Å². The number of fused-ring (bicyclic) bond motifs is 1. The first kappa shape index (κ1) is 20.2. The first-order valence-corrected chi connectivity index (χ1v) is 10.2. The second-order valence-electron chi connectivity index (χ2n) is 7.73. The minimum Gasteiger partial charge on any atom is -0.497 e. The summed E-state index contributed by atoms with van der Waals surface area (Å²) in [7, 11) is 1.60. The van der Waals surface area contributed by atoms with E-state index in [1.165, 1.54) is 0 Å². The van der Waals surface area contributed by atoms with Crippen molar-refractivity contribution in [3.8, 4) is 5.75 Å². The monoisotopic (exact) mass is 406 g/mol. The first-order valence-electron chi connectivity index (χ1n) is 10.2. The molecule has 1 amide bonds. The van der Waals surface area contributed by atoms with E-state index in [2.05, 4.69) is 5.32 Å². The molecule has 30 heavy (non-hydrogen) atoms. The standard InChI is InChI=1S/C24H26N2O4/c1-16-14-18(29-2)6-7-19(16)23(27)25-22-5-3-4-21-20(22)8-11-26(24(21)28)15-17-9-12-30-13-10-17/h3-8,11,14,17H,9-10,12-13,15H2,1-2H3,(H,25,27). The van der Waals surface area contributed by atoms with Gasteiger partial charge in [0.2, 0.25) is 0 Å². The van der Waals surface area contributed by atoms with Crippen LogP contribution in [0.1, 0.15) is 28.8 Å². The van der Waals surface area contributed by atoms with Gasteiger partial charge in [-0.2, -0.15) is 0 Å². The average Bonchev–Trinajstić information content (AvgIpc) is 2.76. The van der Waals surface area contributed by atoms with Crippen LogP contribution in [0.4, 0.5) is 5.69 Å². The quantitative estimate of drug-likeness (QED) is 0.695.